The van der Waals surface area contributed by atoms with Crippen molar-refractivity contribution in [3.63, 3.8) is 0 Å². The summed E-state index contributed by atoms with van der Waals surface area (Å²) in [5.74, 6) is 0.739. The molecule has 0 bridgehead atoms. The fourth-order valence-corrected chi connectivity index (χ4v) is 2.40. The van der Waals surface area contributed by atoms with E-state index in [0.717, 1.165) is 0 Å². The summed E-state index contributed by atoms with van der Waals surface area (Å²) >= 11 is 12.3. The van der Waals surface area contributed by atoms with Crippen molar-refractivity contribution in [1.82, 2.24) is 20.0 Å². The molecule has 1 aromatic carbocycles. The number of nitrogens with one attached hydrogen (secondary N) is 2. The molecule has 8 heteroatoms. The first kappa shape index (κ1) is 15.8. The molecule has 2 rings (SSSR count). The molecule has 0 aliphatic heterocycles. The molecule has 1 aromatic heterocycles. The van der Waals surface area contributed by atoms with Gasteiger partial charge in [-0.1, -0.05) is 43.1 Å². The predicted octanol–water partition coefficient (Wildman–Crippen LogP) is 2.43. The number of rotatable bonds is 5. The molecule has 0 atom stereocenters. The molecule has 0 aliphatic carbocycles. The summed E-state index contributed by atoms with van der Waals surface area (Å²) in [4.78, 5) is 20.5. The van der Waals surface area contributed by atoms with Crippen LogP contribution in [0.1, 0.15) is 19.7 Å². The molecule has 21 heavy (non-hydrogen) atoms. The van der Waals surface area contributed by atoms with Crippen LogP contribution in [-0.4, -0.2) is 21.1 Å². The molecule has 2 N–H and O–H groups in total. The number of aryl methyl sites for hydroxylation is 1. The second-order valence-corrected chi connectivity index (χ2v) is 4.97. The minimum atomic E-state index is -0.489. The van der Waals surface area contributed by atoms with E-state index in [1.54, 1.807) is 18.2 Å². The second kappa shape index (κ2) is 6.89. The molecule has 0 saturated carbocycles. The van der Waals surface area contributed by atoms with Crippen molar-refractivity contribution in [3.05, 3.63) is 44.6 Å². The standard InChI is InChI=1S/C13H15Cl2N5O/c1-3-10-17-12(19-16-4-2)18-13(21)20(10)11-8(14)6-5-7-9(11)15/h5-7,16H,3-4H2,1-2H3,(H,18,19,21). The summed E-state index contributed by atoms with van der Waals surface area (Å²) in [5.41, 5.74) is 5.53. The van der Waals surface area contributed by atoms with Crippen molar-refractivity contribution in [2.45, 2.75) is 20.3 Å². The average Bonchev–Trinajstić information content (AvgIpc) is 2.46. The van der Waals surface area contributed by atoms with Crippen LogP contribution in [0.3, 0.4) is 0 Å². The van der Waals surface area contributed by atoms with Crippen LogP contribution in [0.25, 0.3) is 5.69 Å². The Hall–Kier alpha value is -1.63. The van der Waals surface area contributed by atoms with Gasteiger partial charge in [0.1, 0.15) is 5.82 Å². The molecule has 0 spiro atoms. The number of hydrogen-bond acceptors (Lipinski definition) is 5. The van der Waals surface area contributed by atoms with Gasteiger partial charge in [0, 0.05) is 13.0 Å². The highest BCUT2D eigenvalue weighted by Crippen LogP contribution is 2.27. The first-order chi connectivity index (χ1) is 10.1. The molecule has 0 aliphatic rings. The Morgan fingerprint density at radius 2 is 1.86 bits per heavy atom. The normalized spacial score (nSPS) is 10.7. The minimum absolute atomic E-state index is 0.220. The monoisotopic (exact) mass is 327 g/mol. The fourth-order valence-electron chi connectivity index (χ4n) is 1.84. The molecule has 2 aromatic rings. The van der Waals surface area contributed by atoms with Crippen LogP contribution in [0, 0.1) is 0 Å². The number of halogens is 2. The molecule has 112 valence electrons. The minimum Gasteiger partial charge on any atom is -0.289 e. The molecule has 0 radical (unpaired) electrons. The number of nitrogens with zero attached hydrogens (tertiary/aromatic N) is 3. The smallest absolute Gasteiger partial charge is 0.289 e. The van der Waals surface area contributed by atoms with Crippen molar-refractivity contribution < 1.29 is 0 Å². The van der Waals surface area contributed by atoms with Crippen LogP contribution >= 0.6 is 23.2 Å². The zero-order chi connectivity index (χ0) is 15.4. The SMILES string of the molecule is CCNNc1nc(CC)n(-c2c(Cl)cccc2Cl)c(=O)n1. The Morgan fingerprint density at radius 3 is 2.43 bits per heavy atom. The van der Waals surface area contributed by atoms with E-state index in [4.69, 9.17) is 23.2 Å². The Bertz CT molecular complexity index is 681. The van der Waals surface area contributed by atoms with Gasteiger partial charge in [0.15, 0.2) is 0 Å². The third kappa shape index (κ3) is 3.34. The van der Waals surface area contributed by atoms with Crippen LogP contribution in [0.15, 0.2) is 23.0 Å². The van der Waals surface area contributed by atoms with E-state index in [-0.39, 0.29) is 5.95 Å². The van der Waals surface area contributed by atoms with Gasteiger partial charge in [0.25, 0.3) is 0 Å². The number of aromatic nitrogens is 3. The van der Waals surface area contributed by atoms with Crippen LogP contribution in [0.2, 0.25) is 10.0 Å². The van der Waals surface area contributed by atoms with Gasteiger partial charge < -0.3 is 0 Å². The average molecular weight is 328 g/mol. The van der Waals surface area contributed by atoms with E-state index in [1.807, 2.05) is 13.8 Å². The first-order valence-electron chi connectivity index (χ1n) is 6.51. The maximum absolute atomic E-state index is 12.3. The lowest BCUT2D eigenvalue weighted by atomic mass is 10.3. The zero-order valence-electron chi connectivity index (χ0n) is 11.7. The molecule has 0 saturated heterocycles. The predicted molar refractivity (Wildman–Crippen MR) is 84.3 cm³/mol. The summed E-state index contributed by atoms with van der Waals surface area (Å²) in [6.45, 7) is 4.47. The Kier molecular flexibility index (Phi) is 5.17. The van der Waals surface area contributed by atoms with E-state index in [1.165, 1.54) is 4.57 Å². The zero-order valence-corrected chi connectivity index (χ0v) is 13.2. The summed E-state index contributed by atoms with van der Waals surface area (Å²) in [5, 5.41) is 0.741. The quantitative estimate of drug-likeness (QED) is 0.825. The molecular formula is C13H15Cl2N5O. The highest BCUT2D eigenvalue weighted by molar-refractivity contribution is 6.37. The van der Waals surface area contributed by atoms with Gasteiger partial charge in [-0.15, -0.1) is 0 Å². The Labute approximate surface area is 132 Å². The van der Waals surface area contributed by atoms with Gasteiger partial charge in [-0.2, -0.15) is 9.97 Å². The molecule has 0 amide bonds. The summed E-state index contributed by atoms with van der Waals surface area (Å²) in [6, 6.07) is 5.05. The number of para-hydroxylation sites is 1. The number of hydrazine groups is 1. The lowest BCUT2D eigenvalue weighted by Crippen LogP contribution is -2.31. The number of anilines is 1. The van der Waals surface area contributed by atoms with E-state index >= 15 is 0 Å². The fraction of sp³-hybridized carbons (Fsp3) is 0.308. The third-order valence-electron chi connectivity index (χ3n) is 2.74. The number of hydrogen-bond donors (Lipinski definition) is 2. The van der Waals surface area contributed by atoms with Gasteiger partial charge in [0.2, 0.25) is 5.95 Å². The molecule has 0 fully saturated rings. The number of benzene rings is 1. The topological polar surface area (TPSA) is 71.8 Å². The lowest BCUT2D eigenvalue weighted by molar-refractivity contribution is 0.747. The van der Waals surface area contributed by atoms with Crippen molar-refractivity contribution >= 4 is 29.2 Å². The van der Waals surface area contributed by atoms with Crippen molar-refractivity contribution in [3.8, 4) is 5.69 Å². The maximum Gasteiger partial charge on any atom is 0.357 e. The van der Waals surface area contributed by atoms with Gasteiger partial charge in [0.05, 0.1) is 15.7 Å². The molecular weight excluding hydrogens is 313 g/mol. The largest absolute Gasteiger partial charge is 0.357 e. The van der Waals surface area contributed by atoms with E-state index < -0.39 is 5.69 Å². The van der Waals surface area contributed by atoms with Crippen LogP contribution < -0.4 is 16.5 Å². The highest BCUT2D eigenvalue weighted by atomic mass is 35.5. The second-order valence-electron chi connectivity index (χ2n) is 4.16. The van der Waals surface area contributed by atoms with Gasteiger partial charge in [-0.05, 0) is 12.1 Å². The Morgan fingerprint density at radius 1 is 1.19 bits per heavy atom. The van der Waals surface area contributed by atoms with Crippen LogP contribution in [0.5, 0.6) is 0 Å². The first-order valence-corrected chi connectivity index (χ1v) is 7.27. The van der Waals surface area contributed by atoms with Gasteiger partial charge in [-0.25, -0.2) is 14.8 Å². The third-order valence-corrected chi connectivity index (χ3v) is 3.35. The van der Waals surface area contributed by atoms with Crippen molar-refractivity contribution in [2.24, 2.45) is 0 Å². The molecule has 6 nitrogen and oxygen atoms in total. The summed E-state index contributed by atoms with van der Waals surface area (Å²) in [6.07, 6.45) is 0.528. The highest BCUT2D eigenvalue weighted by Gasteiger charge is 2.15. The van der Waals surface area contributed by atoms with Gasteiger partial charge >= 0.3 is 5.69 Å². The van der Waals surface area contributed by atoms with Gasteiger partial charge in [-0.3, -0.25) is 5.43 Å². The van der Waals surface area contributed by atoms with Crippen molar-refractivity contribution in [1.29, 1.82) is 0 Å². The lowest BCUT2D eigenvalue weighted by Gasteiger charge is -2.14. The van der Waals surface area contributed by atoms with Crippen LogP contribution in [0.4, 0.5) is 5.95 Å². The molecule has 0 unspecified atom stereocenters. The molecule has 1 heterocycles. The maximum atomic E-state index is 12.3. The van der Waals surface area contributed by atoms with E-state index in [2.05, 4.69) is 20.8 Å². The van der Waals surface area contributed by atoms with Crippen LogP contribution in [-0.2, 0) is 6.42 Å². The summed E-state index contributed by atoms with van der Waals surface area (Å²) < 4.78 is 1.34. The Balaban J connectivity index is 2.61. The van der Waals surface area contributed by atoms with Crippen molar-refractivity contribution in [2.75, 3.05) is 12.0 Å². The summed E-state index contributed by atoms with van der Waals surface area (Å²) in [7, 11) is 0. The van der Waals surface area contributed by atoms with E-state index in [0.29, 0.717) is 34.5 Å². The van der Waals surface area contributed by atoms with E-state index in [9.17, 15) is 4.79 Å².